The topological polar surface area (TPSA) is 38.8 Å². The van der Waals surface area contributed by atoms with Crippen molar-refractivity contribution in [3.63, 3.8) is 0 Å². The molecule has 0 unspecified atom stereocenters. The Morgan fingerprint density at radius 3 is 2.30 bits per heavy atom. The van der Waals surface area contributed by atoms with E-state index < -0.39 is 5.60 Å². The summed E-state index contributed by atoms with van der Waals surface area (Å²) < 4.78 is 11.6. The molecule has 1 amide bonds. The lowest BCUT2D eigenvalue weighted by Gasteiger charge is -2.27. The average Bonchev–Trinajstić information content (AvgIpc) is 2.46. The second-order valence-electron chi connectivity index (χ2n) is 6.54. The van der Waals surface area contributed by atoms with E-state index in [-0.39, 0.29) is 6.09 Å². The van der Waals surface area contributed by atoms with E-state index in [2.05, 4.69) is 28.1 Å². The van der Waals surface area contributed by atoms with Crippen LogP contribution in [0.25, 0.3) is 0 Å². The first kappa shape index (κ1) is 20.0. The van der Waals surface area contributed by atoms with Gasteiger partial charge in [-0.1, -0.05) is 28.1 Å². The summed E-state index contributed by atoms with van der Waals surface area (Å²) in [4.78, 5) is 14.1. The second kappa shape index (κ2) is 9.93. The number of aryl methyl sites for hydroxylation is 1. The van der Waals surface area contributed by atoms with Crippen molar-refractivity contribution in [2.24, 2.45) is 0 Å². The Hall–Kier alpha value is -1.07. The van der Waals surface area contributed by atoms with E-state index in [9.17, 15) is 4.79 Å². The van der Waals surface area contributed by atoms with Gasteiger partial charge in [-0.25, -0.2) is 4.79 Å². The Labute approximate surface area is 148 Å². The number of methoxy groups -OCH3 is 1. The molecule has 5 heteroatoms. The largest absolute Gasteiger partial charge is 0.444 e. The molecule has 0 fully saturated rings. The summed E-state index contributed by atoms with van der Waals surface area (Å²) in [6.45, 7) is 7.66. The van der Waals surface area contributed by atoms with E-state index in [1.54, 1.807) is 12.0 Å². The summed E-state index contributed by atoms with van der Waals surface area (Å²) in [7, 11) is 1.67. The molecule has 0 atom stereocenters. The summed E-state index contributed by atoms with van der Waals surface area (Å²) in [5.74, 6) is 0. The van der Waals surface area contributed by atoms with Gasteiger partial charge in [-0.05, 0) is 57.7 Å². The van der Waals surface area contributed by atoms with Crippen molar-refractivity contribution >= 4 is 22.0 Å². The summed E-state index contributed by atoms with van der Waals surface area (Å²) in [5.41, 5.74) is 0.802. The molecule has 0 saturated carbocycles. The number of ether oxygens (including phenoxy) is 2. The molecule has 0 aliphatic rings. The Bertz CT molecular complexity index is 468. The van der Waals surface area contributed by atoms with Gasteiger partial charge in [-0.3, -0.25) is 0 Å². The highest BCUT2D eigenvalue weighted by molar-refractivity contribution is 9.10. The van der Waals surface area contributed by atoms with E-state index in [1.165, 1.54) is 5.56 Å². The molecule has 1 aromatic carbocycles. The van der Waals surface area contributed by atoms with Gasteiger partial charge in [0.05, 0.1) is 0 Å². The Kier molecular flexibility index (Phi) is 8.63. The number of nitrogens with zero attached hydrogens (tertiary/aromatic N) is 1. The monoisotopic (exact) mass is 385 g/mol. The van der Waals surface area contributed by atoms with Crippen LogP contribution in [0.1, 0.15) is 39.2 Å². The SMILES string of the molecule is COCCCN(CCCc1ccc(Br)cc1)C(=O)OC(C)(C)C. The van der Waals surface area contributed by atoms with Crippen molar-refractivity contribution in [1.82, 2.24) is 4.90 Å². The van der Waals surface area contributed by atoms with Gasteiger partial charge in [0.25, 0.3) is 0 Å². The second-order valence-corrected chi connectivity index (χ2v) is 7.46. The molecule has 0 spiro atoms. The Morgan fingerprint density at radius 1 is 1.13 bits per heavy atom. The van der Waals surface area contributed by atoms with Gasteiger partial charge in [0.2, 0.25) is 0 Å². The maximum atomic E-state index is 12.3. The lowest BCUT2D eigenvalue weighted by Crippen LogP contribution is -2.38. The first-order chi connectivity index (χ1) is 10.8. The van der Waals surface area contributed by atoms with Crippen molar-refractivity contribution in [2.75, 3.05) is 26.8 Å². The van der Waals surface area contributed by atoms with Crippen LogP contribution in [0.2, 0.25) is 0 Å². The summed E-state index contributed by atoms with van der Waals surface area (Å²) in [5, 5.41) is 0. The third-order valence-corrected chi connectivity index (χ3v) is 3.76. The molecule has 130 valence electrons. The van der Waals surface area contributed by atoms with E-state index in [0.717, 1.165) is 23.7 Å². The van der Waals surface area contributed by atoms with Crippen molar-refractivity contribution < 1.29 is 14.3 Å². The van der Waals surface area contributed by atoms with Crippen molar-refractivity contribution in [3.8, 4) is 0 Å². The molecule has 23 heavy (non-hydrogen) atoms. The number of carbonyl (C=O) groups excluding carboxylic acids is 1. The third kappa shape index (κ3) is 8.96. The number of rotatable bonds is 8. The highest BCUT2D eigenvalue weighted by Gasteiger charge is 2.21. The van der Waals surface area contributed by atoms with Gasteiger partial charge < -0.3 is 14.4 Å². The molecular weight excluding hydrogens is 358 g/mol. The minimum absolute atomic E-state index is 0.246. The third-order valence-electron chi connectivity index (χ3n) is 3.23. The molecule has 1 rings (SSSR count). The number of benzene rings is 1. The zero-order chi connectivity index (χ0) is 17.3. The number of hydrogen-bond donors (Lipinski definition) is 0. The lowest BCUT2D eigenvalue weighted by molar-refractivity contribution is 0.0233. The molecule has 0 radical (unpaired) electrons. The highest BCUT2D eigenvalue weighted by atomic mass is 79.9. The molecular formula is C18H28BrNO3. The quantitative estimate of drug-likeness (QED) is 0.611. The van der Waals surface area contributed by atoms with Crippen LogP contribution >= 0.6 is 15.9 Å². The van der Waals surface area contributed by atoms with Crippen LogP contribution in [0.15, 0.2) is 28.7 Å². The maximum absolute atomic E-state index is 12.3. The minimum Gasteiger partial charge on any atom is -0.444 e. The van der Waals surface area contributed by atoms with Crippen LogP contribution < -0.4 is 0 Å². The van der Waals surface area contributed by atoms with Gasteiger partial charge >= 0.3 is 6.09 Å². The van der Waals surface area contributed by atoms with Crippen LogP contribution in [-0.2, 0) is 15.9 Å². The predicted octanol–water partition coefficient (Wildman–Crippen LogP) is 4.66. The molecule has 0 saturated heterocycles. The minimum atomic E-state index is -0.470. The number of carbonyl (C=O) groups is 1. The number of halogens is 1. The van der Waals surface area contributed by atoms with Crippen molar-refractivity contribution in [2.45, 2.75) is 45.6 Å². The van der Waals surface area contributed by atoms with Crippen LogP contribution in [0, 0.1) is 0 Å². The van der Waals surface area contributed by atoms with Crippen molar-refractivity contribution in [1.29, 1.82) is 0 Å². The fraction of sp³-hybridized carbons (Fsp3) is 0.611. The molecule has 1 aromatic rings. The molecule has 4 nitrogen and oxygen atoms in total. The normalized spacial score (nSPS) is 11.3. The predicted molar refractivity (Wildman–Crippen MR) is 96.8 cm³/mol. The summed E-state index contributed by atoms with van der Waals surface area (Å²) in [6.07, 6.45) is 2.42. The standard InChI is InChI=1S/C18H28BrNO3/c1-18(2,3)23-17(21)20(13-6-14-22-4)12-5-7-15-8-10-16(19)11-9-15/h8-11H,5-7,12-14H2,1-4H3. The van der Waals surface area contributed by atoms with E-state index in [4.69, 9.17) is 9.47 Å². The van der Waals surface area contributed by atoms with Crippen LogP contribution in [0.4, 0.5) is 4.79 Å². The Balaban J connectivity index is 2.50. The molecule has 0 bridgehead atoms. The van der Waals surface area contributed by atoms with Gasteiger partial charge in [0.1, 0.15) is 5.60 Å². The van der Waals surface area contributed by atoms with E-state index >= 15 is 0 Å². The van der Waals surface area contributed by atoms with Crippen LogP contribution in [-0.4, -0.2) is 43.4 Å². The highest BCUT2D eigenvalue weighted by Crippen LogP contribution is 2.14. The maximum Gasteiger partial charge on any atom is 0.410 e. The fourth-order valence-electron chi connectivity index (χ4n) is 2.15. The molecule has 0 aromatic heterocycles. The van der Waals surface area contributed by atoms with Crippen molar-refractivity contribution in [3.05, 3.63) is 34.3 Å². The zero-order valence-electron chi connectivity index (χ0n) is 14.6. The first-order valence-corrected chi connectivity index (χ1v) is 8.82. The van der Waals surface area contributed by atoms with Gasteiger partial charge in [-0.2, -0.15) is 0 Å². The van der Waals surface area contributed by atoms with Crippen LogP contribution in [0.5, 0.6) is 0 Å². The van der Waals surface area contributed by atoms with Crippen LogP contribution in [0.3, 0.4) is 0 Å². The van der Waals surface area contributed by atoms with Gasteiger partial charge in [-0.15, -0.1) is 0 Å². The zero-order valence-corrected chi connectivity index (χ0v) is 16.2. The summed E-state index contributed by atoms with van der Waals surface area (Å²) in [6, 6.07) is 8.29. The molecule has 0 aliphatic carbocycles. The summed E-state index contributed by atoms with van der Waals surface area (Å²) >= 11 is 3.44. The van der Waals surface area contributed by atoms with E-state index in [0.29, 0.717) is 19.7 Å². The number of amides is 1. The smallest absolute Gasteiger partial charge is 0.410 e. The van der Waals surface area contributed by atoms with Gasteiger partial charge in [0, 0.05) is 31.3 Å². The average molecular weight is 386 g/mol. The molecule has 0 aliphatic heterocycles. The van der Waals surface area contributed by atoms with Gasteiger partial charge in [0.15, 0.2) is 0 Å². The number of hydrogen-bond acceptors (Lipinski definition) is 3. The molecule has 0 N–H and O–H groups in total. The van der Waals surface area contributed by atoms with E-state index in [1.807, 2.05) is 32.9 Å². The first-order valence-electron chi connectivity index (χ1n) is 8.03. The lowest BCUT2D eigenvalue weighted by atomic mass is 10.1. The fourth-order valence-corrected chi connectivity index (χ4v) is 2.41. The Morgan fingerprint density at radius 2 is 1.74 bits per heavy atom. The molecule has 0 heterocycles.